The summed E-state index contributed by atoms with van der Waals surface area (Å²) in [5.41, 5.74) is 0.973. The van der Waals surface area contributed by atoms with Gasteiger partial charge in [-0.3, -0.25) is 14.6 Å². The number of hydrogen-bond acceptors (Lipinski definition) is 5. The van der Waals surface area contributed by atoms with Crippen molar-refractivity contribution in [1.82, 2.24) is 4.98 Å². The number of pyridine rings is 1. The molecule has 2 aromatic carbocycles. The smallest absolute Gasteiger partial charge is 0.274 e. The number of benzene rings is 2. The molecule has 0 unspecified atom stereocenters. The zero-order valence-electron chi connectivity index (χ0n) is 15.7. The molecule has 2 amide bonds. The van der Waals surface area contributed by atoms with Gasteiger partial charge >= 0.3 is 0 Å². The second-order valence-corrected chi connectivity index (χ2v) is 5.91. The molecule has 0 spiro atoms. The minimum absolute atomic E-state index is 0.0172. The molecular formula is C21H18FN3O4. The first-order valence-electron chi connectivity index (χ1n) is 8.56. The summed E-state index contributed by atoms with van der Waals surface area (Å²) in [4.78, 5) is 29.0. The second-order valence-electron chi connectivity index (χ2n) is 5.91. The Bertz CT molecular complexity index is 1060. The Morgan fingerprint density at radius 1 is 0.931 bits per heavy atom. The maximum Gasteiger partial charge on any atom is 0.274 e. The normalized spacial score (nSPS) is 10.2. The van der Waals surface area contributed by atoms with E-state index in [2.05, 4.69) is 15.6 Å². The lowest BCUT2D eigenvalue weighted by Gasteiger charge is -2.12. The molecule has 3 aromatic rings. The Labute approximate surface area is 166 Å². The van der Waals surface area contributed by atoms with E-state index in [1.54, 1.807) is 24.3 Å². The first-order valence-corrected chi connectivity index (χ1v) is 8.56. The van der Waals surface area contributed by atoms with Gasteiger partial charge in [-0.25, -0.2) is 4.39 Å². The lowest BCUT2D eigenvalue weighted by molar-refractivity contribution is 0.102. The van der Waals surface area contributed by atoms with Crippen molar-refractivity contribution < 1.29 is 23.5 Å². The zero-order valence-corrected chi connectivity index (χ0v) is 15.7. The maximum absolute atomic E-state index is 13.3. The van der Waals surface area contributed by atoms with Gasteiger partial charge in [0.15, 0.2) is 0 Å². The summed E-state index contributed by atoms with van der Waals surface area (Å²) in [6.07, 6.45) is 1.35. The van der Waals surface area contributed by atoms with Gasteiger partial charge in [0.05, 0.1) is 19.9 Å². The van der Waals surface area contributed by atoms with Gasteiger partial charge < -0.3 is 20.1 Å². The number of methoxy groups -OCH3 is 2. The van der Waals surface area contributed by atoms with E-state index in [1.807, 2.05) is 0 Å². The van der Waals surface area contributed by atoms with Crippen LogP contribution in [-0.2, 0) is 0 Å². The number of anilines is 2. The maximum atomic E-state index is 13.3. The van der Waals surface area contributed by atoms with Gasteiger partial charge in [-0.15, -0.1) is 0 Å². The Kier molecular flexibility index (Phi) is 6.03. The van der Waals surface area contributed by atoms with Crippen molar-refractivity contribution in [3.8, 4) is 11.5 Å². The first-order chi connectivity index (χ1) is 14.0. The number of ether oxygens (including phenoxy) is 2. The molecule has 3 rings (SSSR count). The summed E-state index contributed by atoms with van der Waals surface area (Å²) in [6.45, 7) is 0. The van der Waals surface area contributed by atoms with E-state index in [0.29, 0.717) is 17.2 Å². The van der Waals surface area contributed by atoms with Gasteiger partial charge in [-0.2, -0.15) is 0 Å². The number of amides is 2. The molecule has 1 heterocycles. The Morgan fingerprint density at radius 2 is 1.76 bits per heavy atom. The van der Waals surface area contributed by atoms with Crippen LogP contribution >= 0.6 is 0 Å². The van der Waals surface area contributed by atoms with Gasteiger partial charge in [-0.1, -0.05) is 6.07 Å². The third kappa shape index (κ3) is 4.86. The predicted molar refractivity (Wildman–Crippen MR) is 106 cm³/mol. The predicted octanol–water partition coefficient (Wildman–Crippen LogP) is 3.74. The highest BCUT2D eigenvalue weighted by Crippen LogP contribution is 2.29. The van der Waals surface area contributed by atoms with Crippen molar-refractivity contribution in [2.45, 2.75) is 0 Å². The van der Waals surface area contributed by atoms with Crippen LogP contribution in [0.4, 0.5) is 15.8 Å². The van der Waals surface area contributed by atoms with Crippen molar-refractivity contribution >= 4 is 23.2 Å². The van der Waals surface area contributed by atoms with E-state index in [1.165, 1.54) is 50.7 Å². The molecule has 0 fully saturated rings. The van der Waals surface area contributed by atoms with Gasteiger partial charge in [-0.05, 0) is 42.5 Å². The van der Waals surface area contributed by atoms with Crippen molar-refractivity contribution in [3.05, 3.63) is 77.9 Å². The van der Waals surface area contributed by atoms with Crippen LogP contribution in [0.5, 0.6) is 11.5 Å². The molecule has 148 valence electrons. The van der Waals surface area contributed by atoms with E-state index in [0.717, 1.165) is 0 Å². The third-order valence-corrected chi connectivity index (χ3v) is 3.99. The van der Waals surface area contributed by atoms with Crippen LogP contribution in [0.1, 0.15) is 20.8 Å². The van der Waals surface area contributed by atoms with Crippen LogP contribution in [-0.4, -0.2) is 31.0 Å². The van der Waals surface area contributed by atoms with Crippen LogP contribution in [0.3, 0.4) is 0 Å². The number of carbonyl (C=O) groups excluding carboxylic acids is 2. The topological polar surface area (TPSA) is 89.5 Å². The van der Waals surface area contributed by atoms with Crippen molar-refractivity contribution in [2.24, 2.45) is 0 Å². The molecule has 0 aliphatic heterocycles. The SMILES string of the molecule is COc1ccc(NC(=O)c2ccnc(C(=O)Nc3cccc(F)c3)c2)c(OC)c1. The molecule has 0 bridgehead atoms. The zero-order chi connectivity index (χ0) is 20.8. The quantitative estimate of drug-likeness (QED) is 0.664. The highest BCUT2D eigenvalue weighted by atomic mass is 19.1. The molecule has 0 saturated carbocycles. The molecule has 29 heavy (non-hydrogen) atoms. The van der Waals surface area contributed by atoms with E-state index in [-0.39, 0.29) is 16.9 Å². The molecular weight excluding hydrogens is 377 g/mol. The number of hydrogen-bond donors (Lipinski definition) is 2. The third-order valence-electron chi connectivity index (χ3n) is 3.99. The Hall–Kier alpha value is -3.94. The number of halogens is 1. The molecule has 0 aliphatic carbocycles. The molecule has 7 nitrogen and oxygen atoms in total. The van der Waals surface area contributed by atoms with Gasteiger partial charge in [0.25, 0.3) is 11.8 Å². The highest BCUT2D eigenvalue weighted by Gasteiger charge is 2.14. The van der Waals surface area contributed by atoms with Crippen LogP contribution in [0.15, 0.2) is 60.8 Å². The van der Waals surface area contributed by atoms with E-state index in [9.17, 15) is 14.0 Å². The number of rotatable bonds is 6. The van der Waals surface area contributed by atoms with E-state index in [4.69, 9.17) is 9.47 Å². The number of carbonyl (C=O) groups is 2. The molecule has 0 atom stereocenters. The van der Waals surface area contributed by atoms with Crippen molar-refractivity contribution in [1.29, 1.82) is 0 Å². The summed E-state index contributed by atoms with van der Waals surface area (Å²) in [5.74, 6) is -0.476. The lowest BCUT2D eigenvalue weighted by Crippen LogP contribution is -2.17. The van der Waals surface area contributed by atoms with Crippen molar-refractivity contribution in [2.75, 3.05) is 24.9 Å². The van der Waals surface area contributed by atoms with E-state index < -0.39 is 17.6 Å². The second kappa shape index (κ2) is 8.83. The average Bonchev–Trinajstić information content (AvgIpc) is 2.74. The summed E-state index contributed by atoms with van der Waals surface area (Å²) in [5, 5.41) is 5.26. The van der Waals surface area contributed by atoms with Gasteiger partial charge in [0.1, 0.15) is 23.0 Å². The average molecular weight is 395 g/mol. The molecule has 0 saturated heterocycles. The monoisotopic (exact) mass is 395 g/mol. The Morgan fingerprint density at radius 3 is 2.48 bits per heavy atom. The fraction of sp³-hybridized carbons (Fsp3) is 0.0952. The standard InChI is InChI=1S/C21H18FN3O4/c1-28-16-6-7-17(19(12-16)29-2)25-20(26)13-8-9-23-18(10-13)21(27)24-15-5-3-4-14(22)11-15/h3-12H,1-2H3,(H,24,27)(H,25,26). The van der Waals surface area contributed by atoms with Crippen LogP contribution < -0.4 is 20.1 Å². The van der Waals surface area contributed by atoms with E-state index >= 15 is 0 Å². The minimum atomic E-state index is -0.563. The largest absolute Gasteiger partial charge is 0.497 e. The highest BCUT2D eigenvalue weighted by molar-refractivity contribution is 6.08. The lowest BCUT2D eigenvalue weighted by atomic mass is 10.2. The van der Waals surface area contributed by atoms with Crippen LogP contribution in [0.25, 0.3) is 0 Å². The molecule has 0 radical (unpaired) electrons. The fourth-order valence-corrected chi connectivity index (χ4v) is 2.55. The number of nitrogens with one attached hydrogen (secondary N) is 2. The summed E-state index contributed by atoms with van der Waals surface area (Å²) in [7, 11) is 3.01. The van der Waals surface area contributed by atoms with Gasteiger partial charge in [0, 0.05) is 23.5 Å². The number of aromatic nitrogens is 1. The molecule has 1 aromatic heterocycles. The van der Waals surface area contributed by atoms with Gasteiger partial charge in [0.2, 0.25) is 0 Å². The summed E-state index contributed by atoms with van der Waals surface area (Å²) >= 11 is 0. The van der Waals surface area contributed by atoms with Crippen molar-refractivity contribution in [3.63, 3.8) is 0 Å². The summed E-state index contributed by atoms with van der Waals surface area (Å²) < 4.78 is 23.7. The number of nitrogens with zero attached hydrogens (tertiary/aromatic N) is 1. The fourth-order valence-electron chi connectivity index (χ4n) is 2.55. The molecule has 2 N–H and O–H groups in total. The van der Waals surface area contributed by atoms with Crippen LogP contribution in [0.2, 0.25) is 0 Å². The molecule has 0 aliphatic rings. The van der Waals surface area contributed by atoms with Crippen LogP contribution in [0, 0.1) is 5.82 Å². The molecule has 8 heteroatoms. The summed E-state index contributed by atoms with van der Waals surface area (Å²) in [6, 6.07) is 13.3. The minimum Gasteiger partial charge on any atom is -0.497 e. The first kappa shape index (κ1) is 19.8. The Balaban J connectivity index is 1.76.